The van der Waals surface area contributed by atoms with Crippen molar-refractivity contribution < 1.29 is 9.72 Å². The van der Waals surface area contributed by atoms with Gasteiger partial charge >= 0.3 is 0 Å². The van der Waals surface area contributed by atoms with E-state index in [1.54, 1.807) is 6.07 Å². The van der Waals surface area contributed by atoms with Gasteiger partial charge in [-0.25, -0.2) is 0 Å². The summed E-state index contributed by atoms with van der Waals surface area (Å²) in [5.74, 6) is -0.425. The lowest BCUT2D eigenvalue weighted by Crippen LogP contribution is -2.07. The smallest absolute Gasteiger partial charge is 0.291 e. The Bertz CT molecular complexity index is 507. The number of hydrogen-bond acceptors (Lipinski definition) is 4. The first-order valence-corrected chi connectivity index (χ1v) is 4.49. The van der Waals surface area contributed by atoms with Gasteiger partial charge in [0.2, 0.25) is 5.91 Å². The molecule has 0 bridgehead atoms. The number of nitro groups is 1. The molecule has 1 rings (SSSR count). The highest BCUT2D eigenvalue weighted by Crippen LogP contribution is 2.33. The number of amides is 1. The van der Waals surface area contributed by atoms with E-state index in [9.17, 15) is 14.9 Å². The van der Waals surface area contributed by atoms with Crippen LogP contribution >= 0.6 is 11.6 Å². The number of nitrogens with zero attached hydrogens (tertiary/aromatic N) is 2. The number of benzene rings is 1. The van der Waals surface area contributed by atoms with Gasteiger partial charge in [0.05, 0.1) is 22.2 Å². The fourth-order valence-electron chi connectivity index (χ4n) is 1.09. The van der Waals surface area contributed by atoms with Crippen LogP contribution in [0.25, 0.3) is 0 Å². The largest absolute Gasteiger partial charge is 0.325 e. The Kier molecular flexibility index (Phi) is 3.43. The first-order chi connectivity index (χ1) is 7.45. The normalized spacial score (nSPS) is 9.31. The summed E-state index contributed by atoms with van der Waals surface area (Å²) in [6.45, 7) is 1.24. The van der Waals surface area contributed by atoms with Gasteiger partial charge in [-0.1, -0.05) is 11.6 Å². The summed E-state index contributed by atoms with van der Waals surface area (Å²) < 4.78 is 0. The SMILES string of the molecule is CC(=O)Nc1cc(C#N)cc([N+](=O)[O-])c1Cl. The summed E-state index contributed by atoms with van der Waals surface area (Å²) in [7, 11) is 0. The fraction of sp³-hybridized carbons (Fsp3) is 0.111. The minimum Gasteiger partial charge on any atom is -0.325 e. The topological polar surface area (TPSA) is 96.0 Å². The minimum atomic E-state index is -0.714. The number of anilines is 1. The maximum atomic E-state index is 10.8. The van der Waals surface area contributed by atoms with Gasteiger partial charge in [-0.3, -0.25) is 14.9 Å². The lowest BCUT2D eigenvalue weighted by molar-refractivity contribution is -0.384. The van der Waals surface area contributed by atoms with Gasteiger partial charge < -0.3 is 5.32 Å². The Morgan fingerprint density at radius 1 is 1.62 bits per heavy atom. The fourth-order valence-corrected chi connectivity index (χ4v) is 1.31. The average Bonchev–Trinajstić information content (AvgIpc) is 2.19. The number of carbonyl (C=O) groups is 1. The second-order valence-electron chi connectivity index (χ2n) is 2.91. The summed E-state index contributed by atoms with van der Waals surface area (Å²) in [5, 5.41) is 21.4. The summed E-state index contributed by atoms with van der Waals surface area (Å²) >= 11 is 5.71. The lowest BCUT2D eigenvalue weighted by atomic mass is 10.2. The second kappa shape index (κ2) is 4.59. The molecular weight excluding hydrogens is 234 g/mol. The number of rotatable bonds is 2. The standard InChI is InChI=1S/C9H6ClN3O3/c1-5(14)12-7-2-6(4-11)3-8(9(7)10)13(15)16/h2-3H,1H3,(H,12,14). The number of nitriles is 1. The third-order valence-corrected chi connectivity index (χ3v) is 2.09. The van der Waals surface area contributed by atoms with Crippen LogP contribution in [0.2, 0.25) is 5.02 Å². The molecule has 0 heterocycles. The molecule has 1 aromatic carbocycles. The highest BCUT2D eigenvalue weighted by atomic mass is 35.5. The molecule has 0 saturated carbocycles. The predicted molar refractivity (Wildman–Crippen MR) is 57.1 cm³/mol. The molecule has 1 aromatic rings. The zero-order chi connectivity index (χ0) is 12.3. The van der Waals surface area contributed by atoms with E-state index in [1.165, 1.54) is 13.0 Å². The van der Waals surface area contributed by atoms with Crippen molar-refractivity contribution in [2.24, 2.45) is 0 Å². The van der Waals surface area contributed by atoms with Crippen LogP contribution in [0.1, 0.15) is 12.5 Å². The Morgan fingerprint density at radius 3 is 2.69 bits per heavy atom. The van der Waals surface area contributed by atoms with Crippen molar-refractivity contribution in [3.05, 3.63) is 32.8 Å². The molecule has 82 valence electrons. The monoisotopic (exact) mass is 239 g/mol. The number of halogens is 1. The van der Waals surface area contributed by atoms with E-state index in [1.807, 2.05) is 0 Å². The highest BCUT2D eigenvalue weighted by molar-refractivity contribution is 6.35. The van der Waals surface area contributed by atoms with Crippen molar-refractivity contribution in [3.63, 3.8) is 0 Å². The molecule has 6 nitrogen and oxygen atoms in total. The summed E-state index contributed by atoms with van der Waals surface area (Å²) in [6.07, 6.45) is 0. The van der Waals surface area contributed by atoms with Crippen LogP contribution in [0.15, 0.2) is 12.1 Å². The predicted octanol–water partition coefficient (Wildman–Crippen LogP) is 2.08. The van der Waals surface area contributed by atoms with E-state index >= 15 is 0 Å². The molecule has 0 spiro atoms. The van der Waals surface area contributed by atoms with Crippen LogP contribution in [-0.2, 0) is 4.79 Å². The number of nitrogens with one attached hydrogen (secondary N) is 1. The maximum absolute atomic E-state index is 10.8. The van der Waals surface area contributed by atoms with Crippen LogP contribution < -0.4 is 5.32 Å². The van der Waals surface area contributed by atoms with E-state index in [4.69, 9.17) is 16.9 Å². The van der Waals surface area contributed by atoms with Crippen molar-refractivity contribution in [3.8, 4) is 6.07 Å². The second-order valence-corrected chi connectivity index (χ2v) is 3.28. The molecule has 0 saturated heterocycles. The van der Waals surface area contributed by atoms with E-state index < -0.39 is 16.5 Å². The molecule has 1 amide bonds. The molecule has 0 aromatic heterocycles. The van der Waals surface area contributed by atoms with Gasteiger partial charge in [0, 0.05) is 13.0 Å². The molecule has 0 aliphatic rings. The molecule has 0 fully saturated rings. The zero-order valence-corrected chi connectivity index (χ0v) is 8.91. The van der Waals surface area contributed by atoms with Crippen LogP contribution in [0.5, 0.6) is 0 Å². The van der Waals surface area contributed by atoms with E-state index in [0.29, 0.717) is 0 Å². The van der Waals surface area contributed by atoms with Gasteiger partial charge in [0.1, 0.15) is 5.02 Å². The Hall–Kier alpha value is -2.13. The summed E-state index contributed by atoms with van der Waals surface area (Å²) in [4.78, 5) is 20.7. The molecule has 0 atom stereocenters. The first-order valence-electron chi connectivity index (χ1n) is 4.11. The van der Waals surface area contributed by atoms with Crippen LogP contribution in [0.4, 0.5) is 11.4 Å². The van der Waals surface area contributed by atoms with Crippen LogP contribution in [-0.4, -0.2) is 10.8 Å². The Balaban J connectivity index is 3.38. The highest BCUT2D eigenvalue weighted by Gasteiger charge is 2.18. The number of nitro benzene ring substituents is 1. The van der Waals surface area contributed by atoms with Crippen molar-refractivity contribution in [1.29, 1.82) is 5.26 Å². The molecule has 16 heavy (non-hydrogen) atoms. The third kappa shape index (κ3) is 2.46. The molecule has 7 heteroatoms. The third-order valence-electron chi connectivity index (χ3n) is 1.69. The molecular formula is C9H6ClN3O3. The van der Waals surface area contributed by atoms with E-state index in [-0.39, 0.29) is 16.3 Å². The average molecular weight is 240 g/mol. The molecule has 0 aliphatic heterocycles. The maximum Gasteiger partial charge on any atom is 0.291 e. The lowest BCUT2D eigenvalue weighted by Gasteiger charge is -2.05. The first kappa shape index (κ1) is 11.9. The molecule has 0 radical (unpaired) electrons. The number of hydrogen-bond donors (Lipinski definition) is 1. The molecule has 1 N–H and O–H groups in total. The van der Waals surface area contributed by atoms with E-state index in [2.05, 4.69) is 5.32 Å². The van der Waals surface area contributed by atoms with Crippen LogP contribution in [0, 0.1) is 21.4 Å². The Labute approximate surface area is 95.6 Å². The van der Waals surface area contributed by atoms with Gasteiger partial charge in [0.25, 0.3) is 5.69 Å². The Morgan fingerprint density at radius 2 is 2.25 bits per heavy atom. The van der Waals surface area contributed by atoms with Gasteiger partial charge in [-0.15, -0.1) is 0 Å². The van der Waals surface area contributed by atoms with E-state index in [0.717, 1.165) is 6.07 Å². The minimum absolute atomic E-state index is 0.0554. The molecule has 0 unspecified atom stereocenters. The van der Waals surface area contributed by atoms with Gasteiger partial charge in [-0.2, -0.15) is 5.26 Å². The summed E-state index contributed by atoms with van der Waals surface area (Å²) in [6, 6.07) is 4.07. The van der Waals surface area contributed by atoms with Crippen LogP contribution in [0.3, 0.4) is 0 Å². The van der Waals surface area contributed by atoms with Gasteiger partial charge in [0.15, 0.2) is 0 Å². The van der Waals surface area contributed by atoms with Crippen molar-refractivity contribution in [1.82, 2.24) is 0 Å². The summed E-state index contributed by atoms with van der Waals surface area (Å²) in [5.41, 5.74) is -0.302. The zero-order valence-electron chi connectivity index (χ0n) is 8.15. The van der Waals surface area contributed by atoms with Crippen molar-refractivity contribution in [2.45, 2.75) is 6.92 Å². The molecule has 0 aliphatic carbocycles. The van der Waals surface area contributed by atoms with Crippen molar-refractivity contribution in [2.75, 3.05) is 5.32 Å². The number of carbonyl (C=O) groups excluding carboxylic acids is 1. The quantitative estimate of drug-likeness (QED) is 0.631. The van der Waals surface area contributed by atoms with Crippen molar-refractivity contribution >= 4 is 28.9 Å². The van der Waals surface area contributed by atoms with Gasteiger partial charge in [-0.05, 0) is 6.07 Å².